The third-order valence-electron chi connectivity index (χ3n) is 2.84. The average Bonchev–Trinajstić information content (AvgIpc) is 2.48. The highest BCUT2D eigenvalue weighted by molar-refractivity contribution is 7.85. The molecule has 0 radical (unpaired) electrons. The first kappa shape index (κ1) is 21.8. The predicted molar refractivity (Wildman–Crippen MR) is 96.4 cm³/mol. The predicted octanol–water partition coefficient (Wildman–Crippen LogP) is 3.31. The molecule has 0 heterocycles. The molecule has 0 unspecified atom stereocenters. The number of benzene rings is 2. The monoisotopic (exact) mass is 348 g/mol. The minimum Gasteiger partial charge on any atom is -0.744 e. The quantitative estimate of drug-likeness (QED) is 0.616. The van der Waals surface area contributed by atoms with Crippen molar-refractivity contribution in [2.75, 3.05) is 21.1 Å². The van der Waals surface area contributed by atoms with Gasteiger partial charge in [-0.3, -0.25) is 4.48 Å². The van der Waals surface area contributed by atoms with Crippen LogP contribution in [0.3, 0.4) is 0 Å². The highest BCUT2D eigenvalue weighted by Crippen LogP contribution is 2.14. The summed E-state index contributed by atoms with van der Waals surface area (Å²) in [5.41, 5.74) is 2.26. The summed E-state index contributed by atoms with van der Waals surface area (Å²) in [6.07, 6.45) is 0. The van der Waals surface area contributed by atoms with Gasteiger partial charge in [-0.05, 0) is 31.2 Å². The Kier molecular flexibility index (Phi) is 8.93. The molecule has 0 spiro atoms. The van der Waals surface area contributed by atoms with Gasteiger partial charge in [0.1, 0.15) is 15.8 Å². The highest BCUT2D eigenvalue weighted by atomic mass is 32.2. The maximum Gasteiger partial charge on any atom is 0.132 e. The summed E-state index contributed by atoms with van der Waals surface area (Å²) < 4.78 is 32.1. The Morgan fingerprint density at radius 2 is 1.38 bits per heavy atom. The van der Waals surface area contributed by atoms with Crippen molar-refractivity contribution in [1.82, 2.24) is 4.48 Å². The lowest BCUT2D eigenvalue weighted by Crippen LogP contribution is -2.34. The van der Waals surface area contributed by atoms with Crippen LogP contribution in [0.2, 0.25) is 0 Å². The van der Waals surface area contributed by atoms with Crippen molar-refractivity contribution in [2.45, 2.75) is 18.7 Å². The van der Waals surface area contributed by atoms with Crippen LogP contribution in [-0.2, 0) is 10.1 Å². The van der Waals surface area contributed by atoms with E-state index >= 15 is 0 Å². The van der Waals surface area contributed by atoms with Gasteiger partial charge in [-0.15, -0.1) is 0 Å². The minimum absolute atomic E-state index is 0.178. The molecule has 24 heavy (non-hydrogen) atoms. The fourth-order valence-corrected chi connectivity index (χ4v) is 2.05. The number of hydrogen-bond acceptors (Lipinski definition) is 4. The molecule has 6 heteroatoms. The van der Waals surface area contributed by atoms with E-state index in [0.717, 1.165) is 10.0 Å². The lowest BCUT2D eigenvalue weighted by molar-refractivity contribution is 0.463. The normalized spacial score (nSPS) is 10.4. The Bertz CT molecular complexity index is 742. The molecule has 0 bridgehead atoms. The number of nitriles is 1. The summed E-state index contributed by atoms with van der Waals surface area (Å²) >= 11 is 0. The van der Waals surface area contributed by atoms with Crippen molar-refractivity contribution < 1.29 is 13.0 Å². The third-order valence-corrected chi connectivity index (χ3v) is 3.69. The summed E-state index contributed by atoms with van der Waals surface area (Å²) in [5, 5.41) is 7.32. The van der Waals surface area contributed by atoms with E-state index in [1.54, 1.807) is 18.2 Å². The van der Waals surface area contributed by atoms with Crippen molar-refractivity contribution >= 4 is 15.8 Å². The molecule has 0 aromatic heterocycles. The minimum atomic E-state index is -4.27. The summed E-state index contributed by atoms with van der Waals surface area (Å²) in [6, 6.07) is 18.0. The number of quaternary nitrogens is 1. The van der Waals surface area contributed by atoms with Gasteiger partial charge >= 0.3 is 0 Å². The van der Waals surface area contributed by atoms with Crippen LogP contribution in [0.25, 0.3) is 0 Å². The smallest absolute Gasteiger partial charge is 0.132 e. The number of hydrogen-bond donors (Lipinski definition) is 0. The molecule has 0 atom stereocenters. The Labute approximate surface area is 145 Å². The molecule has 0 saturated carbocycles. The lowest BCUT2D eigenvalue weighted by atomic mass is 10.2. The first-order valence-corrected chi connectivity index (χ1v) is 8.63. The Morgan fingerprint density at radius 3 is 1.67 bits per heavy atom. The van der Waals surface area contributed by atoms with E-state index in [-0.39, 0.29) is 4.90 Å². The van der Waals surface area contributed by atoms with Gasteiger partial charge < -0.3 is 4.55 Å². The van der Waals surface area contributed by atoms with Gasteiger partial charge in [0.25, 0.3) is 0 Å². The van der Waals surface area contributed by atoms with Crippen molar-refractivity contribution in [1.29, 1.82) is 5.26 Å². The van der Waals surface area contributed by atoms with Gasteiger partial charge in [-0.1, -0.05) is 35.9 Å². The van der Waals surface area contributed by atoms with Crippen LogP contribution in [0, 0.1) is 18.3 Å². The SMILES string of the molecule is CC#N.C[N+](C)(C)c1ccccc1.Cc1ccc(S(=O)(=O)[O-])cc1. The Hall–Kier alpha value is -2.20. The van der Waals surface area contributed by atoms with Gasteiger partial charge in [0, 0.05) is 6.92 Å². The number of aryl methyl sites for hydroxylation is 1. The molecule has 2 aromatic rings. The summed E-state index contributed by atoms with van der Waals surface area (Å²) in [5.74, 6) is 0. The summed E-state index contributed by atoms with van der Waals surface area (Å²) in [7, 11) is 2.22. The largest absolute Gasteiger partial charge is 0.744 e. The van der Waals surface area contributed by atoms with E-state index in [1.807, 2.05) is 13.0 Å². The number of nitrogens with zero attached hydrogens (tertiary/aromatic N) is 2. The van der Waals surface area contributed by atoms with E-state index in [0.29, 0.717) is 0 Å². The summed E-state index contributed by atoms with van der Waals surface area (Å²) in [6.45, 7) is 3.25. The zero-order chi connectivity index (χ0) is 18.8. The molecular formula is C18H24N2O3S. The molecule has 0 amide bonds. The lowest BCUT2D eigenvalue weighted by Gasteiger charge is -2.22. The van der Waals surface area contributed by atoms with Crippen LogP contribution < -0.4 is 4.48 Å². The van der Waals surface area contributed by atoms with Crippen molar-refractivity contribution in [3.63, 3.8) is 0 Å². The van der Waals surface area contributed by atoms with Gasteiger partial charge in [-0.25, -0.2) is 8.42 Å². The molecule has 0 fully saturated rings. The fraction of sp³-hybridized carbons (Fsp3) is 0.278. The molecule has 2 rings (SSSR count). The molecule has 0 aliphatic carbocycles. The Balaban J connectivity index is 0.000000381. The van der Waals surface area contributed by atoms with Gasteiger partial charge in [0.2, 0.25) is 0 Å². The first-order chi connectivity index (χ1) is 11.0. The van der Waals surface area contributed by atoms with Crippen LogP contribution in [0.5, 0.6) is 0 Å². The fourth-order valence-electron chi connectivity index (χ4n) is 1.58. The molecule has 5 nitrogen and oxygen atoms in total. The van der Waals surface area contributed by atoms with Crippen LogP contribution >= 0.6 is 0 Å². The van der Waals surface area contributed by atoms with Crippen molar-refractivity contribution in [2.24, 2.45) is 0 Å². The zero-order valence-corrected chi connectivity index (χ0v) is 15.5. The van der Waals surface area contributed by atoms with E-state index in [9.17, 15) is 13.0 Å². The maximum atomic E-state index is 10.4. The summed E-state index contributed by atoms with van der Waals surface area (Å²) in [4.78, 5) is -0.178. The van der Waals surface area contributed by atoms with Crippen LogP contribution in [0.4, 0.5) is 5.69 Å². The second kappa shape index (κ2) is 9.83. The molecule has 2 aromatic carbocycles. The van der Waals surface area contributed by atoms with Gasteiger partial charge in [0.05, 0.1) is 32.1 Å². The molecule has 130 valence electrons. The van der Waals surface area contributed by atoms with E-state index < -0.39 is 10.1 Å². The second-order valence-electron chi connectivity index (χ2n) is 5.84. The van der Waals surface area contributed by atoms with Crippen molar-refractivity contribution in [3.05, 3.63) is 60.2 Å². The van der Waals surface area contributed by atoms with Gasteiger partial charge in [-0.2, -0.15) is 5.26 Å². The number of rotatable bonds is 2. The average molecular weight is 348 g/mol. The maximum absolute atomic E-state index is 10.4. The van der Waals surface area contributed by atoms with E-state index in [4.69, 9.17) is 5.26 Å². The molecule has 0 aliphatic heterocycles. The van der Waals surface area contributed by atoms with E-state index in [1.165, 1.54) is 24.7 Å². The van der Waals surface area contributed by atoms with E-state index in [2.05, 4.69) is 45.4 Å². The second-order valence-corrected chi connectivity index (χ2v) is 7.22. The van der Waals surface area contributed by atoms with Crippen LogP contribution in [-0.4, -0.2) is 34.1 Å². The van der Waals surface area contributed by atoms with Gasteiger partial charge in [0.15, 0.2) is 0 Å². The van der Waals surface area contributed by atoms with Crippen LogP contribution in [0.1, 0.15) is 12.5 Å². The molecule has 0 aliphatic rings. The topological polar surface area (TPSA) is 81.0 Å². The Morgan fingerprint density at radius 1 is 0.958 bits per heavy atom. The molecular weight excluding hydrogens is 324 g/mol. The third kappa shape index (κ3) is 9.06. The number of para-hydroxylation sites is 1. The highest BCUT2D eigenvalue weighted by Gasteiger charge is 2.08. The zero-order valence-electron chi connectivity index (χ0n) is 14.7. The van der Waals surface area contributed by atoms with Crippen molar-refractivity contribution in [3.8, 4) is 6.07 Å². The first-order valence-electron chi connectivity index (χ1n) is 7.23. The molecule has 0 N–H and O–H groups in total. The molecule has 0 saturated heterocycles. The van der Waals surface area contributed by atoms with Crippen LogP contribution in [0.15, 0.2) is 59.5 Å². The standard InChI is InChI=1S/C9H14N.C7H8O3S.C2H3N/c1-10(2,3)9-7-5-4-6-8-9;1-6-2-4-7(5-3-6)11(8,9)10;1-2-3/h4-8H,1-3H3;2-5H,1H3,(H,8,9,10);1H3/q+1;;/p-1.